The molecule has 0 spiro atoms. The second kappa shape index (κ2) is 11.0. The van der Waals surface area contributed by atoms with Gasteiger partial charge in [-0.3, -0.25) is 4.79 Å². The molecule has 0 aliphatic carbocycles. The molecule has 3 aromatic carbocycles. The van der Waals surface area contributed by atoms with E-state index in [1.807, 2.05) is 30.3 Å². The maximum absolute atomic E-state index is 12.9. The van der Waals surface area contributed by atoms with Gasteiger partial charge < -0.3 is 19.1 Å². The van der Waals surface area contributed by atoms with Crippen LogP contribution in [0.25, 0.3) is 0 Å². The third kappa shape index (κ3) is 6.24. The van der Waals surface area contributed by atoms with Crippen molar-refractivity contribution >= 4 is 15.9 Å². The maximum atomic E-state index is 12.9. The third-order valence-electron chi connectivity index (χ3n) is 4.27. The fourth-order valence-corrected chi connectivity index (χ4v) is 3.23. The van der Waals surface area contributed by atoms with E-state index in [0.29, 0.717) is 5.56 Å². The summed E-state index contributed by atoms with van der Waals surface area (Å²) in [4.78, 5) is 12.9. The van der Waals surface area contributed by atoms with Crippen molar-refractivity contribution in [3.05, 3.63) is 102 Å². The van der Waals surface area contributed by atoms with E-state index < -0.39 is 27.6 Å². The first-order valence-electron chi connectivity index (χ1n) is 8.97. The van der Waals surface area contributed by atoms with Crippen molar-refractivity contribution in [2.75, 3.05) is 0 Å². The number of benzene rings is 3. The van der Waals surface area contributed by atoms with E-state index in [4.69, 9.17) is 9.47 Å². The van der Waals surface area contributed by atoms with Gasteiger partial charge in [-0.2, -0.15) is 0 Å². The van der Waals surface area contributed by atoms with E-state index in [0.717, 1.165) is 5.56 Å². The van der Waals surface area contributed by atoms with Gasteiger partial charge in [0.2, 0.25) is 5.78 Å². The van der Waals surface area contributed by atoms with E-state index in [9.17, 15) is 22.9 Å². The molecule has 3 rings (SSSR count). The topological polar surface area (TPSA) is 113 Å². The molecule has 1 atom stereocenters. The first kappa shape index (κ1) is 25.2. The Bertz CT molecular complexity index is 1100. The quantitative estimate of drug-likeness (QED) is 0.209. The van der Waals surface area contributed by atoms with Crippen LogP contribution in [0.3, 0.4) is 0 Å². The van der Waals surface area contributed by atoms with E-state index in [1.54, 1.807) is 36.4 Å². The van der Waals surface area contributed by atoms with E-state index in [1.165, 1.54) is 18.2 Å². The number of rotatable bonds is 9. The Hall–Kier alpha value is -2.04. The van der Waals surface area contributed by atoms with Crippen LogP contribution in [0.5, 0.6) is 5.75 Å². The van der Waals surface area contributed by atoms with Gasteiger partial charge in [0.15, 0.2) is 10.1 Å². The average molecular weight is 450 g/mol. The largest absolute Gasteiger partial charge is 1.00 e. The Labute approximate surface area is 202 Å². The number of carbonyl (C=O) groups excluding carboxylic acids is 1. The predicted molar refractivity (Wildman–Crippen MR) is 107 cm³/mol. The van der Waals surface area contributed by atoms with Gasteiger partial charge in [0, 0.05) is 0 Å². The van der Waals surface area contributed by atoms with Crippen molar-refractivity contribution in [2.24, 2.45) is 0 Å². The minimum absolute atomic E-state index is 0. The molecule has 0 aliphatic rings. The number of hydrogen-bond donors (Lipinski definition) is 1. The zero-order valence-electron chi connectivity index (χ0n) is 16.8. The van der Waals surface area contributed by atoms with Crippen molar-refractivity contribution in [3.8, 4) is 5.75 Å². The van der Waals surface area contributed by atoms with Crippen molar-refractivity contribution in [2.45, 2.75) is 18.3 Å². The van der Waals surface area contributed by atoms with Gasteiger partial charge in [-0.05, 0) is 23.3 Å². The molecule has 7 nitrogen and oxygen atoms in total. The van der Waals surface area contributed by atoms with Crippen LogP contribution >= 0.6 is 0 Å². The molecule has 31 heavy (non-hydrogen) atoms. The molecule has 0 aromatic heterocycles. The Kier molecular flexibility index (Phi) is 8.96. The molecule has 1 N–H and O–H groups in total. The van der Waals surface area contributed by atoms with Crippen LogP contribution < -0.4 is 34.3 Å². The minimum Gasteiger partial charge on any atom is -0.743 e. The Morgan fingerprint density at radius 3 is 1.87 bits per heavy atom. The van der Waals surface area contributed by atoms with Gasteiger partial charge in [-0.1, -0.05) is 72.8 Å². The standard InChI is InChI=1S/C22H20O7S.Na/c23-21(22(24,30(25,26)27)29-16-18-11-5-2-6-12-18)19-13-7-8-14-20(19)28-15-17-9-3-1-4-10-17;/h1-14,24H,15-16H2,(H,25,26,27);/q;+1/p-1. The van der Waals surface area contributed by atoms with Crippen LogP contribution in [-0.2, 0) is 28.1 Å². The first-order chi connectivity index (χ1) is 14.3. The van der Waals surface area contributed by atoms with Gasteiger partial charge >= 0.3 is 34.7 Å². The zero-order valence-corrected chi connectivity index (χ0v) is 19.6. The normalized spacial score (nSPS) is 13.0. The Morgan fingerprint density at radius 1 is 0.839 bits per heavy atom. The summed E-state index contributed by atoms with van der Waals surface area (Å²) in [5, 5.41) is 6.91. The molecular weight excluding hydrogens is 431 g/mol. The van der Waals surface area contributed by atoms with E-state index in [2.05, 4.69) is 0 Å². The Balaban J connectivity index is 0.00000341. The zero-order chi connectivity index (χ0) is 21.6. The molecule has 0 aliphatic heterocycles. The Morgan fingerprint density at radius 2 is 1.32 bits per heavy atom. The van der Waals surface area contributed by atoms with E-state index >= 15 is 0 Å². The van der Waals surface area contributed by atoms with Crippen molar-refractivity contribution < 1.29 is 61.9 Å². The van der Waals surface area contributed by atoms with Crippen LogP contribution in [0.1, 0.15) is 21.5 Å². The summed E-state index contributed by atoms with van der Waals surface area (Å²) >= 11 is 0. The SMILES string of the molecule is O=C(c1ccccc1OCc1ccccc1)C(O)(OCc1ccccc1)S(=O)(=O)[O-].[Na+]. The van der Waals surface area contributed by atoms with Crippen molar-refractivity contribution in [1.82, 2.24) is 0 Å². The van der Waals surface area contributed by atoms with Crippen molar-refractivity contribution in [3.63, 3.8) is 0 Å². The first-order valence-corrected chi connectivity index (χ1v) is 10.4. The fourth-order valence-electron chi connectivity index (χ4n) is 2.69. The molecule has 156 valence electrons. The van der Waals surface area contributed by atoms with Gasteiger partial charge in [-0.15, -0.1) is 0 Å². The van der Waals surface area contributed by atoms with Gasteiger partial charge in [-0.25, -0.2) is 8.42 Å². The summed E-state index contributed by atoms with van der Waals surface area (Å²) in [6, 6.07) is 23.1. The van der Waals surface area contributed by atoms with Crippen LogP contribution in [0.2, 0.25) is 0 Å². The summed E-state index contributed by atoms with van der Waals surface area (Å²) in [5.41, 5.74) is 0.996. The molecule has 0 amide bonds. The summed E-state index contributed by atoms with van der Waals surface area (Å²) in [6.45, 7) is -0.365. The fraction of sp³-hybridized carbons (Fsp3) is 0.136. The van der Waals surface area contributed by atoms with Gasteiger partial charge in [0.05, 0.1) is 12.2 Å². The third-order valence-corrected chi connectivity index (χ3v) is 5.25. The summed E-state index contributed by atoms with van der Waals surface area (Å²) < 4.78 is 46.0. The monoisotopic (exact) mass is 450 g/mol. The number of ketones is 1. The molecule has 3 aromatic rings. The second-order valence-electron chi connectivity index (χ2n) is 6.41. The second-order valence-corrected chi connectivity index (χ2v) is 7.87. The molecule has 0 radical (unpaired) electrons. The van der Waals surface area contributed by atoms with Crippen LogP contribution in [-0.4, -0.2) is 29.0 Å². The summed E-state index contributed by atoms with van der Waals surface area (Å²) in [6.07, 6.45) is 0. The van der Waals surface area contributed by atoms with Crippen molar-refractivity contribution in [1.29, 1.82) is 0 Å². The molecule has 0 saturated carbocycles. The predicted octanol–water partition coefficient (Wildman–Crippen LogP) is -0.140. The minimum atomic E-state index is -5.59. The van der Waals surface area contributed by atoms with Crippen LogP contribution in [0.4, 0.5) is 0 Å². The molecule has 0 bridgehead atoms. The average Bonchev–Trinajstić information content (AvgIpc) is 2.76. The summed E-state index contributed by atoms with van der Waals surface area (Å²) in [5.74, 6) is -1.41. The maximum Gasteiger partial charge on any atom is 1.00 e. The molecule has 0 fully saturated rings. The molecular formula is C22H19NaO7S. The van der Waals surface area contributed by atoms with Crippen LogP contribution in [0, 0.1) is 0 Å². The van der Waals surface area contributed by atoms with Gasteiger partial charge in [0.1, 0.15) is 12.4 Å². The molecule has 9 heteroatoms. The number of carbonyl (C=O) groups is 1. The number of aliphatic hydroxyl groups is 1. The number of para-hydroxylation sites is 1. The van der Waals surface area contributed by atoms with E-state index in [-0.39, 0.29) is 47.5 Å². The molecule has 0 heterocycles. The molecule has 1 unspecified atom stereocenters. The number of Topliss-reactive ketones (excluding diaryl/α,β-unsaturated/α-hetero) is 1. The number of hydrogen-bond acceptors (Lipinski definition) is 7. The number of ether oxygens (including phenoxy) is 2. The summed E-state index contributed by atoms with van der Waals surface area (Å²) in [7, 11) is -5.59. The molecule has 0 saturated heterocycles. The smallest absolute Gasteiger partial charge is 0.743 e. The van der Waals surface area contributed by atoms with Gasteiger partial charge in [0.25, 0.3) is 0 Å². The van der Waals surface area contributed by atoms with Crippen LogP contribution in [0.15, 0.2) is 84.9 Å².